The topological polar surface area (TPSA) is 12.5 Å². The molecular weight excluding hydrogens is 184 g/mol. The van der Waals surface area contributed by atoms with Crippen molar-refractivity contribution in [3.05, 3.63) is 0 Å². The maximum atomic E-state index is 5.63. The van der Waals surface area contributed by atoms with Crippen molar-refractivity contribution in [2.45, 2.75) is 72.5 Å². The van der Waals surface area contributed by atoms with Gasteiger partial charge in [-0.2, -0.15) is 0 Å². The second-order valence-corrected chi connectivity index (χ2v) is 7.45. The molecule has 2 aliphatic rings. The van der Waals surface area contributed by atoms with Gasteiger partial charge >= 0.3 is 0 Å². The van der Waals surface area contributed by atoms with Gasteiger partial charge in [-0.25, -0.2) is 0 Å². The molecule has 2 rings (SSSR count). The monoisotopic (exact) mass is 210 g/mol. The summed E-state index contributed by atoms with van der Waals surface area (Å²) in [6.07, 6.45) is 6.60. The summed E-state index contributed by atoms with van der Waals surface area (Å²) in [4.78, 5) is 0. The largest absolute Gasteiger partial charge is 0.370 e. The third-order valence-electron chi connectivity index (χ3n) is 4.10. The molecule has 3 atom stereocenters. The maximum absolute atomic E-state index is 5.63. The van der Waals surface area contributed by atoms with E-state index < -0.39 is 0 Å². The van der Waals surface area contributed by atoms with Crippen molar-refractivity contribution in [2.24, 2.45) is 16.7 Å². The molecule has 1 saturated heterocycles. The standard InChI is InChI=1S/C14H26O/c1-13(2,3)9-14(4,5)10-6-7-11-12(8-10)15-11/h10-12H,6-9H2,1-5H3. The van der Waals surface area contributed by atoms with Crippen LogP contribution in [0.5, 0.6) is 0 Å². The lowest BCUT2D eigenvalue weighted by atomic mass is 9.65. The van der Waals surface area contributed by atoms with Crippen LogP contribution in [0.25, 0.3) is 0 Å². The van der Waals surface area contributed by atoms with Gasteiger partial charge in [0.25, 0.3) is 0 Å². The van der Waals surface area contributed by atoms with Crippen molar-refractivity contribution in [2.75, 3.05) is 0 Å². The number of fused-ring (bicyclic) bond motifs is 1. The Hall–Kier alpha value is -0.0400. The summed E-state index contributed by atoms with van der Waals surface area (Å²) in [6, 6.07) is 0. The fourth-order valence-electron chi connectivity index (χ4n) is 3.63. The van der Waals surface area contributed by atoms with Crippen LogP contribution >= 0.6 is 0 Å². The fourth-order valence-corrected chi connectivity index (χ4v) is 3.63. The van der Waals surface area contributed by atoms with Crippen LogP contribution in [-0.2, 0) is 4.74 Å². The zero-order valence-electron chi connectivity index (χ0n) is 11.0. The molecule has 0 aromatic carbocycles. The second-order valence-electron chi connectivity index (χ2n) is 7.45. The van der Waals surface area contributed by atoms with Gasteiger partial charge in [-0.1, -0.05) is 34.6 Å². The minimum Gasteiger partial charge on any atom is -0.370 e. The predicted molar refractivity (Wildman–Crippen MR) is 63.9 cm³/mol. The number of hydrogen-bond acceptors (Lipinski definition) is 1. The van der Waals surface area contributed by atoms with Crippen molar-refractivity contribution in [1.82, 2.24) is 0 Å². The van der Waals surface area contributed by atoms with Gasteiger partial charge in [-0.05, 0) is 42.4 Å². The van der Waals surface area contributed by atoms with Crippen molar-refractivity contribution < 1.29 is 4.74 Å². The van der Waals surface area contributed by atoms with E-state index in [2.05, 4.69) is 34.6 Å². The minimum atomic E-state index is 0.449. The van der Waals surface area contributed by atoms with Crippen LogP contribution in [0.1, 0.15) is 60.3 Å². The number of hydrogen-bond donors (Lipinski definition) is 0. The summed E-state index contributed by atoms with van der Waals surface area (Å²) in [5, 5.41) is 0. The van der Waals surface area contributed by atoms with Crippen LogP contribution in [0.15, 0.2) is 0 Å². The highest BCUT2D eigenvalue weighted by Gasteiger charge is 2.47. The smallest absolute Gasteiger partial charge is 0.0844 e. The lowest BCUT2D eigenvalue weighted by molar-refractivity contribution is 0.105. The Kier molecular flexibility index (Phi) is 2.65. The third kappa shape index (κ3) is 2.75. The summed E-state index contributed by atoms with van der Waals surface area (Å²) in [6.45, 7) is 12.0. The van der Waals surface area contributed by atoms with Gasteiger partial charge in [0.2, 0.25) is 0 Å². The van der Waals surface area contributed by atoms with Gasteiger partial charge in [-0.15, -0.1) is 0 Å². The zero-order chi connectivity index (χ0) is 11.3. The van der Waals surface area contributed by atoms with E-state index in [0.717, 1.165) is 5.92 Å². The summed E-state index contributed by atoms with van der Waals surface area (Å²) in [5.74, 6) is 0.875. The molecule has 1 saturated carbocycles. The highest BCUT2D eigenvalue weighted by Crippen LogP contribution is 2.49. The second kappa shape index (κ2) is 3.48. The molecular formula is C14H26O. The summed E-state index contributed by atoms with van der Waals surface area (Å²) < 4.78 is 5.63. The normalized spacial score (nSPS) is 36.2. The first kappa shape index (κ1) is 11.4. The van der Waals surface area contributed by atoms with E-state index in [-0.39, 0.29) is 0 Å². The Morgan fingerprint density at radius 2 is 1.67 bits per heavy atom. The molecule has 0 radical (unpaired) electrons. The molecule has 1 heteroatoms. The van der Waals surface area contributed by atoms with E-state index in [4.69, 9.17) is 4.74 Å². The average Bonchev–Trinajstić information content (AvgIpc) is 2.75. The summed E-state index contributed by atoms with van der Waals surface area (Å²) in [5.41, 5.74) is 0.930. The fraction of sp³-hybridized carbons (Fsp3) is 1.00. The molecule has 1 heterocycles. The van der Waals surface area contributed by atoms with Gasteiger partial charge < -0.3 is 4.74 Å². The molecule has 0 aromatic rings. The Morgan fingerprint density at radius 3 is 2.20 bits per heavy atom. The average molecular weight is 210 g/mol. The van der Waals surface area contributed by atoms with Crippen molar-refractivity contribution in [3.8, 4) is 0 Å². The summed E-state index contributed by atoms with van der Waals surface area (Å²) in [7, 11) is 0. The zero-order valence-corrected chi connectivity index (χ0v) is 11.0. The maximum Gasteiger partial charge on any atom is 0.0844 e. The lowest BCUT2D eigenvalue weighted by Gasteiger charge is -2.40. The van der Waals surface area contributed by atoms with Crippen LogP contribution in [0.3, 0.4) is 0 Å². The first-order chi connectivity index (χ1) is 6.78. The first-order valence-electron chi connectivity index (χ1n) is 6.43. The molecule has 1 aliphatic heterocycles. The molecule has 2 fully saturated rings. The molecule has 0 amide bonds. The SMILES string of the molecule is CC(C)(C)CC(C)(C)C1CCC2OC2C1. The van der Waals surface area contributed by atoms with E-state index in [9.17, 15) is 0 Å². The molecule has 0 N–H and O–H groups in total. The van der Waals surface area contributed by atoms with E-state index in [1.54, 1.807) is 0 Å². The van der Waals surface area contributed by atoms with Gasteiger partial charge in [0.15, 0.2) is 0 Å². The number of epoxide rings is 1. The lowest BCUT2D eigenvalue weighted by Crippen LogP contribution is -2.32. The highest BCUT2D eigenvalue weighted by molar-refractivity contribution is 4.96. The molecule has 15 heavy (non-hydrogen) atoms. The van der Waals surface area contributed by atoms with Crippen LogP contribution in [0.2, 0.25) is 0 Å². The van der Waals surface area contributed by atoms with Crippen molar-refractivity contribution >= 4 is 0 Å². The molecule has 0 aromatic heterocycles. The van der Waals surface area contributed by atoms with Crippen molar-refractivity contribution in [1.29, 1.82) is 0 Å². The quantitative estimate of drug-likeness (QED) is 0.627. The molecule has 88 valence electrons. The first-order valence-corrected chi connectivity index (χ1v) is 6.43. The Bertz CT molecular complexity index is 236. The Morgan fingerprint density at radius 1 is 1.00 bits per heavy atom. The predicted octanol–water partition coefficient (Wildman–Crippen LogP) is 4.02. The molecule has 0 spiro atoms. The Balaban J connectivity index is 1.95. The molecule has 1 nitrogen and oxygen atoms in total. The van der Waals surface area contributed by atoms with Crippen LogP contribution in [0, 0.1) is 16.7 Å². The van der Waals surface area contributed by atoms with Crippen LogP contribution in [-0.4, -0.2) is 12.2 Å². The minimum absolute atomic E-state index is 0.449. The number of ether oxygens (including phenoxy) is 1. The Labute approximate surface area is 94.6 Å². The van der Waals surface area contributed by atoms with E-state index in [1.807, 2.05) is 0 Å². The molecule has 3 unspecified atom stereocenters. The third-order valence-corrected chi connectivity index (χ3v) is 4.10. The van der Waals surface area contributed by atoms with Crippen LogP contribution < -0.4 is 0 Å². The van der Waals surface area contributed by atoms with Crippen molar-refractivity contribution in [3.63, 3.8) is 0 Å². The van der Waals surface area contributed by atoms with Gasteiger partial charge in [0.1, 0.15) is 0 Å². The summed E-state index contributed by atoms with van der Waals surface area (Å²) >= 11 is 0. The molecule has 0 bridgehead atoms. The van der Waals surface area contributed by atoms with Crippen LogP contribution in [0.4, 0.5) is 0 Å². The van der Waals surface area contributed by atoms with Gasteiger partial charge in [0, 0.05) is 0 Å². The van der Waals surface area contributed by atoms with Gasteiger partial charge in [-0.3, -0.25) is 0 Å². The van der Waals surface area contributed by atoms with Gasteiger partial charge in [0.05, 0.1) is 12.2 Å². The van der Waals surface area contributed by atoms with E-state index >= 15 is 0 Å². The van der Waals surface area contributed by atoms with E-state index in [1.165, 1.54) is 25.7 Å². The molecule has 1 aliphatic carbocycles. The number of rotatable bonds is 2. The van der Waals surface area contributed by atoms with E-state index in [0.29, 0.717) is 23.0 Å². The highest BCUT2D eigenvalue weighted by atomic mass is 16.6.